The summed E-state index contributed by atoms with van der Waals surface area (Å²) >= 11 is 0. The van der Waals surface area contributed by atoms with Gasteiger partial charge in [0.1, 0.15) is 17.9 Å². The fourth-order valence-electron chi connectivity index (χ4n) is 3.81. The number of hydrogen-bond donors (Lipinski definition) is 1. The van der Waals surface area contributed by atoms with Gasteiger partial charge in [-0.25, -0.2) is 16.8 Å². The second-order valence-corrected chi connectivity index (χ2v) is 11.1. The third-order valence-corrected chi connectivity index (χ3v) is 8.87. The standard InChI is InChI=1S/C21H21N5O5S2/c1-15(23-20-17-7-3-5-9-19(17)32(28,29)24-20)21(27)25-10-12-26(13-11-25)33(30,31)18-8-4-2-6-16(18)14-22/h2-9,15H,10-13H2,1H3,(H,23,24)/t15-/m1/s1. The zero-order valence-electron chi connectivity index (χ0n) is 17.7. The van der Waals surface area contributed by atoms with Gasteiger partial charge in [0.25, 0.3) is 10.0 Å². The minimum Gasteiger partial charge on any atom is -0.338 e. The SMILES string of the molecule is C[C@@H](N=C1NS(=O)(=O)c2ccccc21)C(=O)N1CCN(S(=O)(=O)c2ccccc2C#N)CC1. The van der Waals surface area contributed by atoms with E-state index in [-0.39, 0.29) is 53.3 Å². The quantitative estimate of drug-likeness (QED) is 0.667. The number of nitrogens with zero attached hydrogens (tertiary/aromatic N) is 4. The van der Waals surface area contributed by atoms with Crippen molar-refractivity contribution in [3.05, 3.63) is 59.7 Å². The highest BCUT2D eigenvalue weighted by Crippen LogP contribution is 2.24. The van der Waals surface area contributed by atoms with E-state index in [9.17, 15) is 26.9 Å². The minimum absolute atomic E-state index is 0.0563. The highest BCUT2D eigenvalue weighted by Gasteiger charge is 2.34. The summed E-state index contributed by atoms with van der Waals surface area (Å²) < 4.78 is 54.1. The number of nitriles is 1. The minimum atomic E-state index is -3.87. The Bertz CT molecular complexity index is 1390. The summed E-state index contributed by atoms with van der Waals surface area (Å²) in [4.78, 5) is 18.8. The maximum absolute atomic E-state index is 13.0. The summed E-state index contributed by atoms with van der Waals surface area (Å²) in [6.45, 7) is 2.03. The molecule has 4 rings (SSSR count). The lowest BCUT2D eigenvalue weighted by molar-refractivity contribution is -0.133. The average molecular weight is 488 g/mol. The molecule has 2 aliphatic heterocycles. The zero-order valence-corrected chi connectivity index (χ0v) is 19.3. The number of amides is 1. The molecule has 172 valence electrons. The molecule has 0 aliphatic carbocycles. The molecule has 1 saturated heterocycles. The van der Waals surface area contributed by atoms with E-state index in [4.69, 9.17) is 0 Å². The van der Waals surface area contributed by atoms with Crippen molar-refractivity contribution in [2.75, 3.05) is 26.2 Å². The van der Waals surface area contributed by atoms with Gasteiger partial charge in [-0.3, -0.25) is 14.5 Å². The van der Waals surface area contributed by atoms with Crippen LogP contribution in [-0.2, 0) is 24.8 Å². The van der Waals surface area contributed by atoms with Crippen molar-refractivity contribution in [3.8, 4) is 6.07 Å². The van der Waals surface area contributed by atoms with Gasteiger partial charge >= 0.3 is 0 Å². The third kappa shape index (κ3) is 4.22. The Labute approximate surface area is 192 Å². The maximum atomic E-state index is 13.0. The highest BCUT2D eigenvalue weighted by atomic mass is 32.2. The summed E-state index contributed by atoms with van der Waals surface area (Å²) in [6.07, 6.45) is 0. The molecule has 1 fully saturated rings. The number of carbonyl (C=O) groups is 1. The van der Waals surface area contributed by atoms with Crippen LogP contribution in [0.15, 0.2) is 63.3 Å². The molecule has 0 aromatic heterocycles. The Morgan fingerprint density at radius 2 is 1.73 bits per heavy atom. The molecule has 2 aromatic carbocycles. The van der Waals surface area contributed by atoms with Gasteiger partial charge in [-0.2, -0.15) is 9.57 Å². The predicted octanol–water partition coefficient (Wildman–Crippen LogP) is 0.518. The Hall–Kier alpha value is -3.27. The Kier molecular flexibility index (Phi) is 5.96. The molecule has 12 heteroatoms. The number of amidine groups is 1. The number of hydrogen-bond acceptors (Lipinski definition) is 7. The summed E-state index contributed by atoms with van der Waals surface area (Å²) in [5.41, 5.74) is 0.476. The molecule has 1 amide bonds. The molecule has 2 heterocycles. The lowest BCUT2D eigenvalue weighted by Crippen LogP contribution is -2.52. The number of piperazine rings is 1. The molecule has 1 N–H and O–H groups in total. The van der Waals surface area contributed by atoms with Crippen molar-refractivity contribution in [3.63, 3.8) is 0 Å². The van der Waals surface area contributed by atoms with Gasteiger partial charge in [-0.1, -0.05) is 24.3 Å². The van der Waals surface area contributed by atoms with E-state index in [0.717, 1.165) is 0 Å². The van der Waals surface area contributed by atoms with Gasteiger partial charge in [0.2, 0.25) is 15.9 Å². The van der Waals surface area contributed by atoms with Crippen LogP contribution in [0, 0.1) is 11.3 Å². The smallest absolute Gasteiger partial charge is 0.263 e. The molecule has 2 aromatic rings. The summed E-state index contributed by atoms with van der Waals surface area (Å²) in [5, 5.41) is 9.23. The topological polar surface area (TPSA) is 140 Å². The molecule has 33 heavy (non-hydrogen) atoms. The number of fused-ring (bicyclic) bond motifs is 1. The van der Waals surface area contributed by atoms with Gasteiger partial charge in [0.15, 0.2) is 0 Å². The number of benzene rings is 2. The lowest BCUT2D eigenvalue weighted by atomic mass is 10.2. The van der Waals surface area contributed by atoms with E-state index >= 15 is 0 Å². The monoisotopic (exact) mass is 487 g/mol. The van der Waals surface area contributed by atoms with E-state index in [0.29, 0.717) is 5.56 Å². The summed E-state index contributed by atoms with van der Waals surface area (Å²) in [6, 6.07) is 13.4. The van der Waals surface area contributed by atoms with Crippen LogP contribution in [0.1, 0.15) is 18.1 Å². The van der Waals surface area contributed by atoms with Crippen molar-refractivity contribution in [2.45, 2.75) is 22.8 Å². The van der Waals surface area contributed by atoms with Crippen LogP contribution in [0.3, 0.4) is 0 Å². The zero-order chi connectivity index (χ0) is 23.8. The van der Waals surface area contributed by atoms with Crippen LogP contribution in [0.5, 0.6) is 0 Å². The second-order valence-electron chi connectivity index (χ2n) is 7.59. The van der Waals surface area contributed by atoms with Crippen molar-refractivity contribution in [2.24, 2.45) is 4.99 Å². The molecular weight excluding hydrogens is 466 g/mol. The molecule has 1 atom stereocenters. The molecule has 0 bridgehead atoms. The Morgan fingerprint density at radius 3 is 2.42 bits per heavy atom. The van der Waals surface area contributed by atoms with Gasteiger partial charge < -0.3 is 4.90 Å². The van der Waals surface area contributed by atoms with Gasteiger partial charge in [-0.15, -0.1) is 0 Å². The van der Waals surface area contributed by atoms with Crippen LogP contribution in [0.2, 0.25) is 0 Å². The Balaban J connectivity index is 1.46. The highest BCUT2D eigenvalue weighted by molar-refractivity contribution is 7.90. The van der Waals surface area contributed by atoms with Crippen molar-refractivity contribution >= 4 is 31.8 Å². The average Bonchev–Trinajstić information content (AvgIpc) is 3.08. The first-order valence-corrected chi connectivity index (χ1v) is 13.1. The largest absolute Gasteiger partial charge is 0.338 e. The fourth-order valence-corrected chi connectivity index (χ4v) is 6.62. The number of rotatable bonds is 4. The van der Waals surface area contributed by atoms with E-state index in [2.05, 4.69) is 9.71 Å². The first-order chi connectivity index (χ1) is 15.6. The first kappa shape index (κ1) is 22.9. The fraction of sp³-hybridized carbons (Fsp3) is 0.286. The van der Waals surface area contributed by atoms with Crippen LogP contribution in [-0.4, -0.2) is 70.0 Å². The Morgan fingerprint density at radius 1 is 1.09 bits per heavy atom. The van der Waals surface area contributed by atoms with E-state index in [1.165, 1.54) is 27.4 Å². The molecule has 0 unspecified atom stereocenters. The number of carbonyl (C=O) groups excluding carboxylic acids is 1. The predicted molar refractivity (Wildman–Crippen MR) is 119 cm³/mol. The van der Waals surface area contributed by atoms with Crippen LogP contribution in [0.4, 0.5) is 0 Å². The summed E-state index contributed by atoms with van der Waals surface area (Å²) in [7, 11) is -7.58. The van der Waals surface area contributed by atoms with Crippen LogP contribution in [0.25, 0.3) is 0 Å². The van der Waals surface area contributed by atoms with Crippen LogP contribution < -0.4 is 4.72 Å². The van der Waals surface area contributed by atoms with Gasteiger partial charge in [0, 0.05) is 31.7 Å². The first-order valence-electron chi connectivity index (χ1n) is 10.1. The number of sulfonamides is 2. The van der Waals surface area contributed by atoms with E-state index < -0.39 is 26.1 Å². The molecule has 0 radical (unpaired) electrons. The third-order valence-electron chi connectivity index (χ3n) is 5.52. The number of nitrogens with one attached hydrogen (secondary N) is 1. The van der Waals surface area contributed by atoms with Crippen molar-refractivity contribution in [1.29, 1.82) is 5.26 Å². The summed E-state index contributed by atoms with van der Waals surface area (Å²) in [5.74, 6) is -0.221. The number of aliphatic imine (C=N–C) groups is 1. The van der Waals surface area contributed by atoms with Crippen molar-refractivity contribution in [1.82, 2.24) is 13.9 Å². The van der Waals surface area contributed by atoms with Crippen LogP contribution >= 0.6 is 0 Å². The normalized spacial score (nSPS) is 20.0. The van der Waals surface area contributed by atoms with Gasteiger partial charge in [0.05, 0.1) is 15.4 Å². The molecule has 0 saturated carbocycles. The van der Waals surface area contributed by atoms with E-state index in [1.807, 2.05) is 6.07 Å². The van der Waals surface area contributed by atoms with Crippen molar-refractivity contribution < 1.29 is 21.6 Å². The second kappa shape index (κ2) is 8.58. The molecule has 10 nitrogen and oxygen atoms in total. The van der Waals surface area contributed by atoms with E-state index in [1.54, 1.807) is 37.3 Å². The lowest BCUT2D eigenvalue weighted by Gasteiger charge is -2.34. The molecule has 0 spiro atoms. The molecular formula is C21H21N5O5S2. The molecule has 2 aliphatic rings. The van der Waals surface area contributed by atoms with Gasteiger partial charge in [-0.05, 0) is 31.2 Å². The maximum Gasteiger partial charge on any atom is 0.263 e.